The van der Waals surface area contributed by atoms with Gasteiger partial charge in [-0.25, -0.2) is 0 Å². The van der Waals surface area contributed by atoms with Gasteiger partial charge in [-0.1, -0.05) is 6.92 Å². The van der Waals surface area contributed by atoms with Crippen LogP contribution in [0.25, 0.3) is 0 Å². The first kappa shape index (κ1) is 10.4. The fourth-order valence-corrected chi connectivity index (χ4v) is 2.70. The molecule has 2 heterocycles. The number of aliphatic hydroxyl groups is 1. The van der Waals surface area contributed by atoms with Gasteiger partial charge >= 0.3 is 0 Å². The molecule has 0 aliphatic carbocycles. The molecule has 0 amide bonds. The molecule has 2 rings (SSSR count). The van der Waals surface area contributed by atoms with Crippen LogP contribution in [0.1, 0.15) is 26.2 Å². The van der Waals surface area contributed by atoms with E-state index in [-0.39, 0.29) is 0 Å². The van der Waals surface area contributed by atoms with Crippen LogP contribution in [0.4, 0.5) is 0 Å². The lowest BCUT2D eigenvalue weighted by atomic mass is 9.72. The Balaban J connectivity index is 1.82. The van der Waals surface area contributed by atoms with E-state index in [0.717, 1.165) is 19.6 Å². The molecular formula is C11H21NO2. The molecule has 0 radical (unpaired) electrons. The molecule has 1 atom stereocenters. The zero-order chi connectivity index (χ0) is 10.0. The molecule has 0 aromatic rings. The van der Waals surface area contributed by atoms with Gasteiger partial charge in [0.2, 0.25) is 0 Å². The molecule has 2 aliphatic heterocycles. The van der Waals surface area contributed by atoms with Crippen LogP contribution in [-0.2, 0) is 4.74 Å². The van der Waals surface area contributed by atoms with Crippen LogP contribution >= 0.6 is 0 Å². The van der Waals surface area contributed by atoms with E-state index in [1.54, 1.807) is 0 Å². The van der Waals surface area contributed by atoms with E-state index in [1.165, 1.54) is 25.9 Å². The Kier molecular flexibility index (Phi) is 3.10. The molecule has 1 N–H and O–H groups in total. The maximum absolute atomic E-state index is 9.18. The van der Waals surface area contributed by atoms with Crippen molar-refractivity contribution in [3.05, 3.63) is 0 Å². The molecule has 2 aliphatic rings. The Morgan fingerprint density at radius 3 is 2.50 bits per heavy atom. The molecule has 2 saturated heterocycles. The molecule has 14 heavy (non-hydrogen) atoms. The van der Waals surface area contributed by atoms with Crippen molar-refractivity contribution in [2.45, 2.75) is 32.2 Å². The van der Waals surface area contributed by atoms with Crippen molar-refractivity contribution >= 4 is 0 Å². The number of hydrogen-bond donors (Lipinski definition) is 1. The Hall–Kier alpha value is -0.120. The van der Waals surface area contributed by atoms with Crippen molar-refractivity contribution in [3.63, 3.8) is 0 Å². The summed E-state index contributed by atoms with van der Waals surface area (Å²) in [5.74, 6) is 0. The predicted octanol–water partition coefficient (Wildman–Crippen LogP) is 0.870. The smallest absolute Gasteiger partial charge is 0.0586 e. The highest BCUT2D eigenvalue weighted by molar-refractivity contribution is 4.98. The Morgan fingerprint density at radius 2 is 2.00 bits per heavy atom. The number of aliphatic hydroxyl groups excluding tert-OH is 1. The van der Waals surface area contributed by atoms with Gasteiger partial charge in [0.25, 0.3) is 0 Å². The number of nitrogens with zero attached hydrogens (tertiary/aromatic N) is 1. The lowest BCUT2D eigenvalue weighted by molar-refractivity contribution is -0.104. The molecule has 3 heteroatoms. The quantitative estimate of drug-likeness (QED) is 0.732. The van der Waals surface area contributed by atoms with Crippen LogP contribution in [0.15, 0.2) is 0 Å². The van der Waals surface area contributed by atoms with Crippen LogP contribution < -0.4 is 0 Å². The molecule has 1 spiro atoms. The van der Waals surface area contributed by atoms with Gasteiger partial charge in [-0.05, 0) is 19.3 Å². The summed E-state index contributed by atoms with van der Waals surface area (Å²) in [6.07, 6.45) is 3.49. The highest BCUT2D eigenvalue weighted by Crippen LogP contribution is 2.40. The lowest BCUT2D eigenvalue weighted by Crippen LogP contribution is -2.62. The summed E-state index contributed by atoms with van der Waals surface area (Å²) in [6.45, 7) is 6.68. The van der Waals surface area contributed by atoms with Crippen LogP contribution in [0.5, 0.6) is 0 Å². The summed E-state index contributed by atoms with van der Waals surface area (Å²) in [6, 6.07) is 0.392. The van der Waals surface area contributed by atoms with Crippen molar-refractivity contribution in [2.24, 2.45) is 5.41 Å². The summed E-state index contributed by atoms with van der Waals surface area (Å²) in [4.78, 5) is 2.42. The average Bonchev–Trinajstić information content (AvgIpc) is 2.19. The Labute approximate surface area is 86.0 Å². The van der Waals surface area contributed by atoms with Gasteiger partial charge in [0.05, 0.1) is 6.61 Å². The minimum atomic E-state index is 0.309. The molecule has 3 nitrogen and oxygen atoms in total. The highest BCUT2D eigenvalue weighted by atomic mass is 16.5. The standard InChI is InChI=1S/C11H21NO2/c1-2-10(7-13)12-8-11(9-12)3-5-14-6-4-11/h10,13H,2-9H2,1H3/t10-/m1/s1. The van der Waals surface area contributed by atoms with E-state index in [0.29, 0.717) is 18.1 Å². The van der Waals surface area contributed by atoms with Gasteiger partial charge in [-0.3, -0.25) is 4.90 Å². The van der Waals surface area contributed by atoms with E-state index in [2.05, 4.69) is 11.8 Å². The van der Waals surface area contributed by atoms with Crippen LogP contribution in [-0.4, -0.2) is 49.0 Å². The van der Waals surface area contributed by atoms with Gasteiger partial charge in [0.1, 0.15) is 0 Å². The fraction of sp³-hybridized carbons (Fsp3) is 1.00. The number of likely N-dealkylation sites (tertiary alicyclic amines) is 1. The van der Waals surface area contributed by atoms with Crippen LogP contribution in [0.3, 0.4) is 0 Å². The first-order valence-electron chi connectivity index (χ1n) is 5.72. The van der Waals surface area contributed by atoms with E-state index in [1.807, 2.05) is 0 Å². The first-order chi connectivity index (χ1) is 6.79. The molecule has 0 unspecified atom stereocenters. The Bertz CT molecular complexity index is 178. The molecule has 0 aromatic carbocycles. The molecular weight excluding hydrogens is 178 g/mol. The summed E-state index contributed by atoms with van der Waals surface area (Å²) < 4.78 is 5.38. The van der Waals surface area contributed by atoms with E-state index >= 15 is 0 Å². The third-order valence-corrected chi connectivity index (χ3v) is 3.83. The van der Waals surface area contributed by atoms with Crippen LogP contribution in [0.2, 0.25) is 0 Å². The third-order valence-electron chi connectivity index (χ3n) is 3.83. The van der Waals surface area contributed by atoms with E-state index in [9.17, 15) is 5.11 Å². The lowest BCUT2D eigenvalue weighted by Gasteiger charge is -2.54. The zero-order valence-corrected chi connectivity index (χ0v) is 9.04. The summed E-state index contributed by atoms with van der Waals surface area (Å²) in [5.41, 5.74) is 0.542. The summed E-state index contributed by atoms with van der Waals surface area (Å²) >= 11 is 0. The number of rotatable bonds is 3. The van der Waals surface area contributed by atoms with Crippen molar-refractivity contribution in [3.8, 4) is 0 Å². The maximum atomic E-state index is 9.18. The highest BCUT2D eigenvalue weighted by Gasteiger charge is 2.45. The number of ether oxygens (including phenoxy) is 1. The van der Waals surface area contributed by atoms with Crippen molar-refractivity contribution in [1.82, 2.24) is 4.90 Å². The normalized spacial score (nSPS) is 28.7. The summed E-state index contributed by atoms with van der Waals surface area (Å²) in [5, 5.41) is 9.18. The van der Waals surface area contributed by atoms with Crippen molar-refractivity contribution < 1.29 is 9.84 Å². The van der Waals surface area contributed by atoms with E-state index < -0.39 is 0 Å². The zero-order valence-electron chi connectivity index (χ0n) is 9.04. The minimum Gasteiger partial charge on any atom is -0.395 e. The van der Waals surface area contributed by atoms with Gasteiger partial charge in [-0.15, -0.1) is 0 Å². The minimum absolute atomic E-state index is 0.309. The second kappa shape index (κ2) is 4.17. The van der Waals surface area contributed by atoms with Gasteiger partial charge in [0.15, 0.2) is 0 Å². The van der Waals surface area contributed by atoms with E-state index in [4.69, 9.17) is 4.74 Å². The first-order valence-corrected chi connectivity index (χ1v) is 5.72. The van der Waals surface area contributed by atoms with Crippen molar-refractivity contribution in [2.75, 3.05) is 32.9 Å². The Morgan fingerprint density at radius 1 is 1.36 bits per heavy atom. The number of hydrogen-bond acceptors (Lipinski definition) is 3. The molecule has 0 aromatic heterocycles. The molecule has 2 fully saturated rings. The topological polar surface area (TPSA) is 32.7 Å². The van der Waals surface area contributed by atoms with Crippen molar-refractivity contribution in [1.29, 1.82) is 0 Å². The predicted molar refractivity (Wildman–Crippen MR) is 55.2 cm³/mol. The van der Waals surface area contributed by atoms with Crippen LogP contribution in [0, 0.1) is 5.41 Å². The third kappa shape index (κ3) is 1.81. The average molecular weight is 199 g/mol. The fourth-order valence-electron chi connectivity index (χ4n) is 2.70. The largest absolute Gasteiger partial charge is 0.395 e. The monoisotopic (exact) mass is 199 g/mol. The summed E-state index contributed by atoms with van der Waals surface area (Å²) in [7, 11) is 0. The molecule has 0 saturated carbocycles. The SMILES string of the molecule is CC[C@H](CO)N1CC2(CCOCC2)C1. The van der Waals surface area contributed by atoms with Gasteiger partial charge < -0.3 is 9.84 Å². The van der Waals surface area contributed by atoms with Gasteiger partial charge in [-0.2, -0.15) is 0 Å². The van der Waals surface area contributed by atoms with Gasteiger partial charge in [0, 0.05) is 37.8 Å². The molecule has 0 bridgehead atoms. The molecule has 82 valence electrons. The second-order valence-electron chi connectivity index (χ2n) is 4.76. The second-order valence-corrected chi connectivity index (χ2v) is 4.76. The maximum Gasteiger partial charge on any atom is 0.0586 e.